The van der Waals surface area contributed by atoms with Gasteiger partial charge in [-0.25, -0.2) is 0 Å². The van der Waals surface area contributed by atoms with Crippen LogP contribution in [-0.4, -0.2) is 20.1 Å². The predicted molar refractivity (Wildman–Crippen MR) is 71.9 cm³/mol. The maximum absolute atomic E-state index is 3.22. The van der Waals surface area contributed by atoms with Gasteiger partial charge in [0.05, 0.1) is 0 Å². The summed E-state index contributed by atoms with van der Waals surface area (Å²) >= 11 is 0. The largest absolute Gasteiger partial charge is 0.371 e. The average Bonchev–Trinajstić information content (AvgIpc) is 2.28. The second kappa shape index (κ2) is 5.90. The Morgan fingerprint density at radius 3 is 2.38 bits per heavy atom. The molecule has 2 heteroatoms. The molecule has 0 bridgehead atoms. The van der Waals surface area contributed by atoms with Crippen molar-refractivity contribution < 1.29 is 0 Å². The Bertz CT molecular complexity index is 320. The van der Waals surface area contributed by atoms with E-state index in [9.17, 15) is 0 Å². The topological polar surface area (TPSA) is 15.3 Å². The second-order valence-corrected chi connectivity index (χ2v) is 4.75. The number of para-hydroxylation sites is 1. The Morgan fingerprint density at radius 2 is 1.81 bits per heavy atom. The van der Waals surface area contributed by atoms with Crippen LogP contribution in [0.15, 0.2) is 24.3 Å². The molecule has 0 amide bonds. The lowest BCUT2D eigenvalue weighted by Gasteiger charge is -2.31. The molecule has 0 spiro atoms. The molecular weight excluding hydrogens is 196 g/mol. The maximum Gasteiger partial charge on any atom is 0.0411 e. The highest BCUT2D eigenvalue weighted by molar-refractivity contribution is 5.53. The third-order valence-corrected chi connectivity index (χ3v) is 3.31. The van der Waals surface area contributed by atoms with Gasteiger partial charge in [0, 0.05) is 25.3 Å². The normalized spacial score (nSPS) is 12.9. The van der Waals surface area contributed by atoms with Gasteiger partial charge in [-0.05, 0) is 31.5 Å². The Morgan fingerprint density at radius 1 is 1.19 bits per heavy atom. The van der Waals surface area contributed by atoms with E-state index in [2.05, 4.69) is 62.3 Å². The first-order valence-electron chi connectivity index (χ1n) is 6.03. The van der Waals surface area contributed by atoms with Crippen LogP contribution in [-0.2, 0) is 6.54 Å². The van der Waals surface area contributed by atoms with E-state index in [-0.39, 0.29) is 0 Å². The van der Waals surface area contributed by atoms with Crippen molar-refractivity contribution in [2.24, 2.45) is 5.92 Å². The van der Waals surface area contributed by atoms with Gasteiger partial charge < -0.3 is 10.2 Å². The minimum atomic E-state index is 0.554. The molecule has 0 heterocycles. The molecule has 0 aliphatic heterocycles. The number of nitrogens with zero attached hydrogens (tertiary/aromatic N) is 1. The molecule has 1 atom stereocenters. The van der Waals surface area contributed by atoms with Gasteiger partial charge in [-0.2, -0.15) is 0 Å². The molecule has 16 heavy (non-hydrogen) atoms. The van der Waals surface area contributed by atoms with Crippen LogP contribution in [0.3, 0.4) is 0 Å². The number of rotatable bonds is 5. The van der Waals surface area contributed by atoms with E-state index in [1.165, 1.54) is 11.3 Å². The summed E-state index contributed by atoms with van der Waals surface area (Å²) in [4.78, 5) is 2.37. The number of hydrogen-bond donors (Lipinski definition) is 1. The predicted octanol–water partition coefficient (Wildman–Crippen LogP) is 2.89. The molecule has 0 saturated heterocycles. The first-order valence-corrected chi connectivity index (χ1v) is 6.03. The molecule has 1 aromatic carbocycles. The highest BCUT2D eigenvalue weighted by atomic mass is 15.1. The Labute approximate surface area is 99.7 Å². The lowest BCUT2D eigenvalue weighted by atomic mass is 10.0. The van der Waals surface area contributed by atoms with Crippen molar-refractivity contribution in [2.45, 2.75) is 33.4 Å². The van der Waals surface area contributed by atoms with Gasteiger partial charge in [-0.1, -0.05) is 32.0 Å². The van der Waals surface area contributed by atoms with Crippen LogP contribution in [0, 0.1) is 5.92 Å². The molecule has 1 rings (SSSR count). The van der Waals surface area contributed by atoms with Crippen LogP contribution in [0.1, 0.15) is 26.3 Å². The highest BCUT2D eigenvalue weighted by Crippen LogP contribution is 2.23. The molecule has 0 radical (unpaired) electrons. The maximum atomic E-state index is 3.22. The average molecular weight is 220 g/mol. The zero-order chi connectivity index (χ0) is 12.1. The van der Waals surface area contributed by atoms with Gasteiger partial charge >= 0.3 is 0 Å². The van der Waals surface area contributed by atoms with E-state index >= 15 is 0 Å². The molecule has 1 unspecified atom stereocenters. The fourth-order valence-corrected chi connectivity index (χ4v) is 1.86. The molecule has 1 N–H and O–H groups in total. The Balaban J connectivity index is 2.93. The lowest BCUT2D eigenvalue weighted by molar-refractivity contribution is 0.504. The van der Waals surface area contributed by atoms with E-state index < -0.39 is 0 Å². The van der Waals surface area contributed by atoms with Gasteiger partial charge in [0.15, 0.2) is 0 Å². The van der Waals surface area contributed by atoms with Gasteiger partial charge in [0.25, 0.3) is 0 Å². The zero-order valence-electron chi connectivity index (χ0n) is 11.1. The van der Waals surface area contributed by atoms with Gasteiger partial charge in [0.2, 0.25) is 0 Å². The molecule has 2 nitrogen and oxygen atoms in total. The summed E-state index contributed by atoms with van der Waals surface area (Å²) in [6.45, 7) is 7.73. The molecule has 1 aromatic rings. The summed E-state index contributed by atoms with van der Waals surface area (Å²) in [7, 11) is 4.17. The highest BCUT2D eigenvalue weighted by Gasteiger charge is 2.15. The van der Waals surface area contributed by atoms with Crippen LogP contribution < -0.4 is 10.2 Å². The fraction of sp³-hybridized carbons (Fsp3) is 0.571. The van der Waals surface area contributed by atoms with Crippen LogP contribution in [0.4, 0.5) is 5.69 Å². The number of nitrogens with one attached hydrogen (secondary N) is 1. The van der Waals surface area contributed by atoms with Gasteiger partial charge in [0.1, 0.15) is 0 Å². The summed E-state index contributed by atoms with van der Waals surface area (Å²) in [6, 6.07) is 9.15. The van der Waals surface area contributed by atoms with Crippen molar-refractivity contribution in [2.75, 3.05) is 19.0 Å². The van der Waals surface area contributed by atoms with Crippen molar-refractivity contribution in [1.82, 2.24) is 5.32 Å². The number of anilines is 1. The van der Waals surface area contributed by atoms with Crippen molar-refractivity contribution in [3.63, 3.8) is 0 Å². The van der Waals surface area contributed by atoms with E-state index in [0.717, 1.165) is 6.54 Å². The smallest absolute Gasteiger partial charge is 0.0411 e. The van der Waals surface area contributed by atoms with Crippen LogP contribution >= 0.6 is 0 Å². The number of benzene rings is 1. The van der Waals surface area contributed by atoms with Gasteiger partial charge in [-0.3, -0.25) is 0 Å². The van der Waals surface area contributed by atoms with E-state index in [1.807, 2.05) is 7.05 Å². The third kappa shape index (κ3) is 2.99. The van der Waals surface area contributed by atoms with Crippen molar-refractivity contribution in [1.29, 1.82) is 0 Å². The lowest BCUT2D eigenvalue weighted by Crippen LogP contribution is -2.34. The SMILES string of the molecule is CNCc1ccccc1N(C)C(C)C(C)C. The summed E-state index contributed by atoms with van der Waals surface area (Å²) in [5.41, 5.74) is 2.69. The van der Waals surface area contributed by atoms with Crippen LogP contribution in [0.5, 0.6) is 0 Å². The molecule has 0 aliphatic carbocycles. The summed E-state index contributed by atoms with van der Waals surface area (Å²) < 4.78 is 0. The zero-order valence-corrected chi connectivity index (χ0v) is 11.1. The van der Waals surface area contributed by atoms with Gasteiger partial charge in [-0.15, -0.1) is 0 Å². The van der Waals surface area contributed by atoms with Crippen LogP contribution in [0.2, 0.25) is 0 Å². The third-order valence-electron chi connectivity index (χ3n) is 3.31. The fourth-order valence-electron chi connectivity index (χ4n) is 1.86. The standard InChI is InChI=1S/C14H24N2/c1-11(2)12(3)16(5)14-9-7-6-8-13(14)10-15-4/h6-9,11-12,15H,10H2,1-5H3. The Kier molecular flexibility index (Phi) is 4.81. The second-order valence-electron chi connectivity index (χ2n) is 4.75. The molecule has 0 fully saturated rings. The van der Waals surface area contributed by atoms with Crippen molar-refractivity contribution in [3.8, 4) is 0 Å². The van der Waals surface area contributed by atoms with Crippen LogP contribution in [0.25, 0.3) is 0 Å². The molecule has 0 aromatic heterocycles. The monoisotopic (exact) mass is 220 g/mol. The molecule has 0 aliphatic rings. The minimum Gasteiger partial charge on any atom is -0.371 e. The van der Waals surface area contributed by atoms with Crippen molar-refractivity contribution in [3.05, 3.63) is 29.8 Å². The summed E-state index contributed by atoms with van der Waals surface area (Å²) in [5, 5.41) is 3.22. The molecule has 0 saturated carbocycles. The minimum absolute atomic E-state index is 0.554. The molecular formula is C14H24N2. The number of hydrogen-bond acceptors (Lipinski definition) is 2. The summed E-state index contributed by atoms with van der Waals surface area (Å²) in [6.07, 6.45) is 0. The van der Waals surface area contributed by atoms with E-state index in [0.29, 0.717) is 12.0 Å². The summed E-state index contributed by atoms with van der Waals surface area (Å²) in [5.74, 6) is 0.660. The Hall–Kier alpha value is -1.02. The van der Waals surface area contributed by atoms with Crippen molar-refractivity contribution >= 4 is 5.69 Å². The van der Waals surface area contributed by atoms with E-state index in [1.54, 1.807) is 0 Å². The van der Waals surface area contributed by atoms with E-state index in [4.69, 9.17) is 0 Å². The first kappa shape index (κ1) is 13.0. The first-order chi connectivity index (χ1) is 7.57. The molecule has 90 valence electrons. The quantitative estimate of drug-likeness (QED) is 0.821.